The SMILES string of the molecule is Cc1c(C(NC(=O)Nc2cnc(N3C[C@H](O)[C@H]3C)nc2)C(F)(F)F)oc2c(F)cc(F)cc12. The number of hydrogen-bond donors (Lipinski definition) is 3. The lowest BCUT2D eigenvalue weighted by Gasteiger charge is -2.43. The Labute approximate surface area is 183 Å². The number of aliphatic hydroxyl groups excluding tert-OH is 1. The van der Waals surface area contributed by atoms with Crippen LogP contribution in [-0.4, -0.2) is 46.0 Å². The van der Waals surface area contributed by atoms with Crippen molar-refractivity contribution in [2.45, 2.75) is 38.2 Å². The van der Waals surface area contributed by atoms with E-state index in [1.807, 2.05) is 0 Å². The van der Waals surface area contributed by atoms with Crippen LogP contribution in [0.4, 0.5) is 38.4 Å². The Balaban J connectivity index is 1.53. The molecule has 2 aromatic heterocycles. The first-order valence-corrected chi connectivity index (χ1v) is 9.74. The number of amides is 2. The number of urea groups is 1. The first-order chi connectivity index (χ1) is 15.5. The smallest absolute Gasteiger partial charge is 0.416 e. The predicted molar refractivity (Wildman–Crippen MR) is 107 cm³/mol. The summed E-state index contributed by atoms with van der Waals surface area (Å²) in [5.74, 6) is -2.62. The van der Waals surface area contributed by atoms with E-state index >= 15 is 0 Å². The fraction of sp³-hybridized carbons (Fsp3) is 0.350. The van der Waals surface area contributed by atoms with Crippen molar-refractivity contribution in [1.82, 2.24) is 15.3 Å². The van der Waals surface area contributed by atoms with Crippen LogP contribution < -0.4 is 15.5 Å². The minimum Gasteiger partial charge on any atom is -0.455 e. The van der Waals surface area contributed by atoms with Gasteiger partial charge < -0.3 is 25.1 Å². The molecule has 3 aromatic rings. The zero-order valence-corrected chi connectivity index (χ0v) is 17.2. The second-order valence-electron chi connectivity index (χ2n) is 7.66. The molecule has 1 aliphatic rings. The number of alkyl halides is 3. The molecule has 1 aliphatic heterocycles. The van der Waals surface area contributed by atoms with Gasteiger partial charge in [-0.3, -0.25) is 0 Å². The van der Waals surface area contributed by atoms with Gasteiger partial charge in [0.1, 0.15) is 11.6 Å². The lowest BCUT2D eigenvalue weighted by atomic mass is 10.0. The number of fused-ring (bicyclic) bond motifs is 1. The summed E-state index contributed by atoms with van der Waals surface area (Å²) in [6, 6.07) is -2.72. The number of aliphatic hydroxyl groups is 1. The van der Waals surface area contributed by atoms with Crippen LogP contribution in [-0.2, 0) is 0 Å². The summed E-state index contributed by atoms with van der Waals surface area (Å²) in [6.45, 7) is 3.32. The van der Waals surface area contributed by atoms with Crippen molar-refractivity contribution >= 4 is 28.6 Å². The molecule has 4 rings (SSSR count). The van der Waals surface area contributed by atoms with Gasteiger partial charge in [-0.05, 0) is 19.9 Å². The Morgan fingerprint density at radius 1 is 1.27 bits per heavy atom. The fourth-order valence-electron chi connectivity index (χ4n) is 3.52. The van der Waals surface area contributed by atoms with Crippen molar-refractivity contribution in [2.24, 2.45) is 0 Å². The molecule has 0 spiro atoms. The fourth-order valence-corrected chi connectivity index (χ4v) is 3.52. The molecule has 8 nitrogen and oxygen atoms in total. The monoisotopic (exact) mass is 471 g/mol. The third kappa shape index (κ3) is 4.27. The molecule has 13 heteroatoms. The largest absolute Gasteiger partial charge is 0.455 e. The van der Waals surface area contributed by atoms with Gasteiger partial charge in [0, 0.05) is 23.6 Å². The third-order valence-electron chi connectivity index (χ3n) is 5.44. The summed E-state index contributed by atoms with van der Waals surface area (Å²) >= 11 is 0. The van der Waals surface area contributed by atoms with Crippen molar-refractivity contribution in [3.63, 3.8) is 0 Å². The molecule has 3 N–H and O–H groups in total. The van der Waals surface area contributed by atoms with E-state index in [0.29, 0.717) is 18.6 Å². The number of furan rings is 1. The average molecular weight is 471 g/mol. The van der Waals surface area contributed by atoms with Crippen molar-refractivity contribution in [3.8, 4) is 0 Å². The van der Waals surface area contributed by atoms with E-state index in [1.165, 1.54) is 19.3 Å². The molecule has 1 unspecified atom stereocenters. The summed E-state index contributed by atoms with van der Waals surface area (Å²) in [7, 11) is 0. The van der Waals surface area contributed by atoms with Crippen LogP contribution in [0.25, 0.3) is 11.0 Å². The van der Waals surface area contributed by atoms with Gasteiger partial charge in [-0.15, -0.1) is 0 Å². The molecular formula is C20H18F5N5O3. The molecule has 0 aliphatic carbocycles. The Kier molecular flexibility index (Phi) is 5.60. The van der Waals surface area contributed by atoms with Crippen LogP contribution in [0.3, 0.4) is 0 Å². The summed E-state index contributed by atoms with van der Waals surface area (Å²) < 4.78 is 73.7. The van der Waals surface area contributed by atoms with E-state index in [9.17, 15) is 31.9 Å². The average Bonchev–Trinajstić information content (AvgIpc) is 3.06. The zero-order chi connectivity index (χ0) is 24.1. The number of β-amino-alcohol motifs (C(OH)–C–C–N with tert-alkyl or cyclic N) is 1. The van der Waals surface area contributed by atoms with Gasteiger partial charge in [-0.2, -0.15) is 13.2 Å². The van der Waals surface area contributed by atoms with E-state index in [2.05, 4.69) is 15.3 Å². The number of hydrogen-bond acceptors (Lipinski definition) is 6. The molecule has 1 fully saturated rings. The topological polar surface area (TPSA) is 104 Å². The first kappa shape index (κ1) is 22.7. The van der Waals surface area contributed by atoms with Gasteiger partial charge >= 0.3 is 12.2 Å². The van der Waals surface area contributed by atoms with Crippen LogP contribution in [0.15, 0.2) is 28.9 Å². The molecule has 1 saturated heterocycles. The second-order valence-corrected chi connectivity index (χ2v) is 7.66. The van der Waals surface area contributed by atoms with Gasteiger partial charge in [-0.1, -0.05) is 0 Å². The molecule has 0 radical (unpaired) electrons. The molecule has 3 atom stereocenters. The standard InChI is InChI=1S/C20H18F5N5O3/c1-8-12-3-10(21)4-13(22)16(12)33-15(8)17(20(23,24)25)29-19(32)28-11-5-26-18(27-6-11)30-7-14(31)9(30)2/h3-6,9,14,17,31H,7H2,1-2H3,(H2,28,29,32)/t9-,14+,17?/m1/s1. The van der Waals surface area contributed by atoms with Crippen molar-refractivity contribution in [2.75, 3.05) is 16.8 Å². The number of aromatic nitrogens is 2. The van der Waals surface area contributed by atoms with E-state index in [0.717, 1.165) is 6.07 Å². The molecule has 1 aromatic carbocycles. The van der Waals surface area contributed by atoms with Crippen molar-refractivity contribution < 1.29 is 36.3 Å². The number of carbonyl (C=O) groups excluding carboxylic acids is 1. The van der Waals surface area contributed by atoms with Gasteiger partial charge in [-0.25, -0.2) is 23.5 Å². The molecule has 176 valence electrons. The summed E-state index contributed by atoms with van der Waals surface area (Å²) in [4.78, 5) is 22.0. The molecule has 3 heterocycles. The first-order valence-electron chi connectivity index (χ1n) is 9.74. The van der Waals surface area contributed by atoms with Crippen LogP contribution in [0.1, 0.15) is 24.3 Å². The second kappa shape index (κ2) is 8.14. The minimum absolute atomic E-state index is 0.0142. The van der Waals surface area contributed by atoms with Crippen LogP contribution >= 0.6 is 0 Å². The number of nitrogens with one attached hydrogen (secondary N) is 2. The molecule has 33 heavy (non-hydrogen) atoms. The lowest BCUT2D eigenvalue weighted by Crippen LogP contribution is -2.59. The molecule has 2 amide bonds. The van der Waals surface area contributed by atoms with Crippen LogP contribution in [0.2, 0.25) is 0 Å². The normalized spacial score (nSPS) is 19.3. The molecular weight excluding hydrogens is 453 g/mol. The predicted octanol–water partition coefficient (Wildman–Crippen LogP) is 3.80. The number of rotatable bonds is 4. The number of benzene rings is 1. The number of anilines is 2. The third-order valence-corrected chi connectivity index (χ3v) is 5.44. The van der Waals surface area contributed by atoms with Gasteiger partial charge in [0.2, 0.25) is 5.95 Å². The van der Waals surface area contributed by atoms with Gasteiger partial charge in [0.25, 0.3) is 0 Å². The Morgan fingerprint density at radius 2 is 1.94 bits per heavy atom. The van der Waals surface area contributed by atoms with Gasteiger partial charge in [0.15, 0.2) is 17.4 Å². The Bertz CT molecular complexity index is 1200. The van der Waals surface area contributed by atoms with Gasteiger partial charge in [0.05, 0.1) is 30.2 Å². The summed E-state index contributed by atoms with van der Waals surface area (Å²) in [5.41, 5.74) is -0.695. The molecule has 0 saturated carbocycles. The molecule has 0 bridgehead atoms. The highest BCUT2D eigenvalue weighted by Crippen LogP contribution is 2.39. The summed E-state index contributed by atoms with van der Waals surface area (Å²) in [5, 5.41) is 13.3. The number of halogens is 5. The quantitative estimate of drug-likeness (QED) is 0.500. The Hall–Kier alpha value is -3.48. The number of carbonyl (C=O) groups is 1. The van der Waals surface area contributed by atoms with Crippen molar-refractivity contribution in [1.29, 1.82) is 0 Å². The number of aryl methyl sites for hydroxylation is 1. The highest BCUT2D eigenvalue weighted by atomic mass is 19.4. The van der Waals surface area contributed by atoms with E-state index in [-0.39, 0.29) is 22.7 Å². The van der Waals surface area contributed by atoms with Crippen LogP contribution in [0, 0.1) is 18.6 Å². The van der Waals surface area contributed by atoms with Crippen LogP contribution in [0.5, 0.6) is 0 Å². The van der Waals surface area contributed by atoms with E-state index in [1.54, 1.807) is 17.1 Å². The van der Waals surface area contributed by atoms with E-state index in [4.69, 9.17) is 4.42 Å². The maximum atomic E-state index is 14.0. The van der Waals surface area contributed by atoms with Crippen molar-refractivity contribution in [3.05, 3.63) is 47.5 Å². The number of nitrogens with zero attached hydrogens (tertiary/aromatic N) is 3. The minimum atomic E-state index is -5.00. The highest BCUT2D eigenvalue weighted by molar-refractivity contribution is 5.89. The maximum absolute atomic E-state index is 14.0. The maximum Gasteiger partial charge on any atom is 0.416 e. The lowest BCUT2D eigenvalue weighted by molar-refractivity contribution is -0.158. The zero-order valence-electron chi connectivity index (χ0n) is 17.2. The summed E-state index contributed by atoms with van der Waals surface area (Å²) in [6.07, 6.45) is -3.11. The Morgan fingerprint density at radius 3 is 2.52 bits per heavy atom. The van der Waals surface area contributed by atoms with E-state index < -0.39 is 47.3 Å². The highest BCUT2D eigenvalue weighted by Gasteiger charge is 2.45.